The highest BCUT2D eigenvalue weighted by Gasteiger charge is 2.21. The third-order valence-electron chi connectivity index (χ3n) is 4.40. The van der Waals surface area contributed by atoms with Crippen LogP contribution in [0.5, 0.6) is 0 Å². The first-order valence-corrected chi connectivity index (χ1v) is 8.84. The quantitative estimate of drug-likeness (QED) is 0.462. The van der Waals surface area contributed by atoms with Crippen molar-refractivity contribution in [3.05, 3.63) is 47.0 Å². The normalized spacial score (nSPS) is 12.7. The molecule has 0 radical (unpaired) electrons. The van der Waals surface area contributed by atoms with Crippen molar-refractivity contribution in [2.45, 2.75) is 52.4 Å². The molecule has 0 aliphatic rings. The van der Waals surface area contributed by atoms with E-state index in [1.54, 1.807) is 0 Å². The predicted octanol–water partition coefficient (Wildman–Crippen LogP) is 6.52. The minimum Gasteiger partial charge on any atom is -0.192 e. The van der Waals surface area contributed by atoms with Crippen LogP contribution in [-0.4, -0.2) is 0 Å². The number of rotatable bonds is 0. The zero-order chi connectivity index (χ0) is 17.0. The smallest absolute Gasteiger partial charge is 0.0994 e. The lowest BCUT2D eigenvalue weighted by atomic mass is 9.83. The molecule has 0 aliphatic heterocycles. The Bertz CT molecular complexity index is 940. The van der Waals surface area contributed by atoms with E-state index in [0.29, 0.717) is 0 Å². The van der Waals surface area contributed by atoms with Crippen molar-refractivity contribution in [2.75, 3.05) is 0 Å². The van der Waals surface area contributed by atoms with Gasteiger partial charge in [0, 0.05) is 20.2 Å². The number of hydrogen-bond donors (Lipinski definition) is 0. The van der Waals surface area contributed by atoms with Crippen LogP contribution in [0.25, 0.3) is 20.2 Å². The minimum absolute atomic E-state index is 0.0218. The van der Waals surface area contributed by atoms with E-state index in [2.05, 4.69) is 77.9 Å². The van der Waals surface area contributed by atoms with E-state index in [0.717, 1.165) is 11.1 Å². The molecule has 0 bridgehead atoms. The topological polar surface area (TPSA) is 23.8 Å². The third-order valence-corrected chi connectivity index (χ3v) is 5.54. The average Bonchev–Trinajstić information content (AvgIpc) is 2.80. The summed E-state index contributed by atoms with van der Waals surface area (Å²) in [5, 5.41) is 12.1. The van der Waals surface area contributed by atoms with Gasteiger partial charge in [-0.1, -0.05) is 47.6 Å². The summed E-state index contributed by atoms with van der Waals surface area (Å²) < 4.78 is 2.57. The van der Waals surface area contributed by atoms with Crippen molar-refractivity contribution in [3.63, 3.8) is 0 Å². The van der Waals surface area contributed by atoms with Gasteiger partial charge >= 0.3 is 0 Å². The lowest BCUT2D eigenvalue weighted by Gasteiger charge is -2.20. The van der Waals surface area contributed by atoms with Gasteiger partial charge in [-0.2, -0.15) is 5.26 Å². The Hall–Kier alpha value is -1.85. The lowest BCUT2D eigenvalue weighted by molar-refractivity contribution is 0.589. The van der Waals surface area contributed by atoms with E-state index in [-0.39, 0.29) is 10.8 Å². The average molecular weight is 321 g/mol. The zero-order valence-corrected chi connectivity index (χ0v) is 15.6. The summed E-state index contributed by atoms with van der Waals surface area (Å²) in [5.41, 5.74) is 3.38. The van der Waals surface area contributed by atoms with E-state index < -0.39 is 0 Å². The van der Waals surface area contributed by atoms with Crippen LogP contribution in [0.1, 0.15) is 58.2 Å². The number of fused-ring (bicyclic) bond motifs is 3. The molecule has 3 rings (SSSR count). The molecule has 3 aromatic rings. The minimum atomic E-state index is -0.0218. The summed E-state index contributed by atoms with van der Waals surface area (Å²) in [4.78, 5) is 0. The molecule has 0 atom stereocenters. The monoisotopic (exact) mass is 321 g/mol. The molecule has 0 fully saturated rings. The van der Waals surface area contributed by atoms with E-state index >= 15 is 0 Å². The SMILES string of the molecule is CC(C)(C)c1ccc2sc3cc(C(C)(C)C)c(C#N)cc3c2c1. The summed E-state index contributed by atoms with van der Waals surface area (Å²) in [6.45, 7) is 13.2. The zero-order valence-electron chi connectivity index (χ0n) is 14.7. The highest BCUT2D eigenvalue weighted by molar-refractivity contribution is 7.25. The Kier molecular flexibility index (Phi) is 3.54. The van der Waals surface area contributed by atoms with Crippen LogP contribution in [0.3, 0.4) is 0 Å². The number of hydrogen-bond acceptors (Lipinski definition) is 2. The molecule has 2 heteroatoms. The molecular weight excluding hydrogens is 298 g/mol. The molecule has 1 aromatic heterocycles. The third kappa shape index (κ3) is 2.75. The maximum absolute atomic E-state index is 9.59. The van der Waals surface area contributed by atoms with Crippen LogP contribution in [0.15, 0.2) is 30.3 Å². The van der Waals surface area contributed by atoms with Crippen LogP contribution >= 0.6 is 11.3 Å². The Morgan fingerprint density at radius 3 is 2.04 bits per heavy atom. The maximum Gasteiger partial charge on any atom is 0.0994 e. The van der Waals surface area contributed by atoms with Gasteiger partial charge in [-0.3, -0.25) is 0 Å². The molecule has 118 valence electrons. The van der Waals surface area contributed by atoms with E-state index in [1.165, 1.54) is 25.7 Å². The van der Waals surface area contributed by atoms with Crippen LogP contribution < -0.4 is 0 Å². The number of thiophene rings is 1. The van der Waals surface area contributed by atoms with Crippen molar-refractivity contribution < 1.29 is 0 Å². The largest absolute Gasteiger partial charge is 0.192 e. The van der Waals surface area contributed by atoms with E-state index in [9.17, 15) is 5.26 Å². The maximum atomic E-state index is 9.59. The van der Waals surface area contributed by atoms with Gasteiger partial charge in [0.25, 0.3) is 0 Å². The lowest BCUT2D eigenvalue weighted by Crippen LogP contribution is -2.13. The molecule has 0 unspecified atom stereocenters. The van der Waals surface area contributed by atoms with Crippen molar-refractivity contribution >= 4 is 31.5 Å². The molecule has 0 aliphatic carbocycles. The van der Waals surface area contributed by atoms with Crippen LogP contribution in [0.4, 0.5) is 0 Å². The van der Waals surface area contributed by atoms with E-state index in [1.807, 2.05) is 11.3 Å². The molecule has 1 nitrogen and oxygen atoms in total. The molecule has 1 heterocycles. The molecule has 0 amide bonds. The van der Waals surface area contributed by atoms with Crippen LogP contribution in [0.2, 0.25) is 0 Å². The van der Waals surface area contributed by atoms with Gasteiger partial charge in [-0.05, 0) is 46.2 Å². The second kappa shape index (κ2) is 5.08. The van der Waals surface area contributed by atoms with E-state index in [4.69, 9.17) is 0 Å². The summed E-state index contributed by atoms with van der Waals surface area (Å²) in [6, 6.07) is 13.5. The van der Waals surface area contributed by atoms with Gasteiger partial charge in [0.1, 0.15) is 0 Å². The highest BCUT2D eigenvalue weighted by atomic mass is 32.1. The Morgan fingerprint density at radius 1 is 0.826 bits per heavy atom. The first-order valence-electron chi connectivity index (χ1n) is 8.02. The van der Waals surface area contributed by atoms with Crippen molar-refractivity contribution in [1.82, 2.24) is 0 Å². The second-order valence-electron chi connectivity index (χ2n) is 8.32. The Labute approximate surface area is 142 Å². The highest BCUT2D eigenvalue weighted by Crippen LogP contribution is 2.39. The molecule has 0 N–H and O–H groups in total. The molecule has 23 heavy (non-hydrogen) atoms. The number of nitrogens with zero attached hydrogens (tertiary/aromatic N) is 1. The summed E-state index contributed by atoms with van der Waals surface area (Å²) >= 11 is 1.82. The fourth-order valence-corrected chi connectivity index (χ4v) is 4.11. The van der Waals surface area contributed by atoms with Gasteiger partial charge in [-0.25, -0.2) is 0 Å². The van der Waals surface area contributed by atoms with Gasteiger partial charge in [-0.15, -0.1) is 11.3 Å². The van der Waals surface area contributed by atoms with Crippen LogP contribution in [0, 0.1) is 11.3 Å². The van der Waals surface area contributed by atoms with Crippen molar-refractivity contribution in [2.24, 2.45) is 0 Å². The van der Waals surface area contributed by atoms with Gasteiger partial charge < -0.3 is 0 Å². The first kappa shape index (κ1) is 16.0. The summed E-state index contributed by atoms with van der Waals surface area (Å²) in [7, 11) is 0. The van der Waals surface area contributed by atoms with Crippen LogP contribution in [-0.2, 0) is 10.8 Å². The second-order valence-corrected chi connectivity index (χ2v) is 9.40. The molecular formula is C21H23NS. The van der Waals surface area contributed by atoms with Gasteiger partial charge in [0.05, 0.1) is 11.6 Å². The van der Waals surface area contributed by atoms with Gasteiger partial charge in [0.15, 0.2) is 0 Å². The molecule has 0 saturated heterocycles. The fraction of sp³-hybridized carbons (Fsp3) is 0.381. The Balaban J connectivity index is 2.37. The summed E-state index contributed by atoms with van der Waals surface area (Å²) in [6.07, 6.45) is 0. The summed E-state index contributed by atoms with van der Waals surface area (Å²) in [5.74, 6) is 0. The number of nitriles is 1. The van der Waals surface area contributed by atoms with Gasteiger partial charge in [0.2, 0.25) is 0 Å². The first-order chi connectivity index (χ1) is 10.6. The van der Waals surface area contributed by atoms with Crippen molar-refractivity contribution in [1.29, 1.82) is 5.26 Å². The molecule has 2 aromatic carbocycles. The molecule has 0 saturated carbocycles. The Morgan fingerprint density at radius 2 is 1.48 bits per heavy atom. The standard InChI is InChI=1S/C21H23NS/c1-20(2,3)14-7-8-18-16(10-14)15-9-13(12-22)17(21(4,5)6)11-19(15)23-18/h7-11H,1-6H3. The number of benzene rings is 2. The predicted molar refractivity (Wildman–Crippen MR) is 101 cm³/mol. The van der Waals surface area contributed by atoms with Crippen molar-refractivity contribution in [3.8, 4) is 6.07 Å². The fourth-order valence-electron chi connectivity index (χ4n) is 3.00. The molecule has 0 spiro atoms.